The van der Waals surface area contributed by atoms with Gasteiger partial charge in [-0.3, -0.25) is 9.59 Å². The molecule has 0 bridgehead atoms. The Morgan fingerprint density at radius 3 is 2.00 bits per heavy atom. The van der Waals surface area contributed by atoms with Crippen LogP contribution in [-0.4, -0.2) is 35.0 Å². The molecule has 0 heterocycles. The van der Waals surface area contributed by atoms with Crippen molar-refractivity contribution in [3.05, 3.63) is 95.8 Å². The molecule has 0 spiro atoms. The van der Waals surface area contributed by atoms with Gasteiger partial charge in [-0.1, -0.05) is 60.7 Å². The second kappa shape index (κ2) is 10.3. The molecule has 7 heteroatoms. The zero-order chi connectivity index (χ0) is 24.9. The topological polar surface area (TPSA) is 95.5 Å². The van der Waals surface area contributed by atoms with Crippen LogP contribution < -0.4 is 10.6 Å². The normalized spacial score (nSPS) is 12.7. The predicted molar refractivity (Wildman–Crippen MR) is 132 cm³/mol. The van der Waals surface area contributed by atoms with Crippen LogP contribution in [0.15, 0.2) is 78.9 Å². The van der Waals surface area contributed by atoms with E-state index in [4.69, 9.17) is 0 Å². The predicted octanol–water partition coefficient (Wildman–Crippen LogP) is 3.99. The van der Waals surface area contributed by atoms with Crippen LogP contribution >= 0.6 is 0 Å². The molecule has 35 heavy (non-hydrogen) atoms. The van der Waals surface area contributed by atoms with Gasteiger partial charge in [-0.25, -0.2) is 9.18 Å². The lowest BCUT2D eigenvalue weighted by molar-refractivity contribution is -0.142. The van der Waals surface area contributed by atoms with Crippen LogP contribution in [0, 0.1) is 5.82 Å². The summed E-state index contributed by atoms with van der Waals surface area (Å²) in [6.45, 7) is 1.27. The van der Waals surface area contributed by atoms with Crippen molar-refractivity contribution in [3.63, 3.8) is 0 Å². The number of halogens is 1. The van der Waals surface area contributed by atoms with E-state index >= 15 is 0 Å². The highest BCUT2D eigenvalue weighted by atomic mass is 19.1. The number of hydrogen-bond donors (Lipinski definition) is 3. The van der Waals surface area contributed by atoms with E-state index in [1.165, 1.54) is 25.1 Å². The Morgan fingerprint density at radius 2 is 1.43 bits per heavy atom. The molecule has 3 N–H and O–H groups in total. The fourth-order valence-corrected chi connectivity index (χ4v) is 4.36. The van der Waals surface area contributed by atoms with Gasteiger partial charge in [0, 0.05) is 19.8 Å². The highest BCUT2D eigenvalue weighted by molar-refractivity contribution is 6.03. The summed E-state index contributed by atoms with van der Waals surface area (Å²) in [5, 5.41) is 18.9. The van der Waals surface area contributed by atoms with Gasteiger partial charge >= 0.3 is 5.97 Å². The van der Waals surface area contributed by atoms with Crippen molar-refractivity contribution >= 4 is 39.3 Å². The molecule has 4 aromatic rings. The van der Waals surface area contributed by atoms with Gasteiger partial charge in [-0.05, 0) is 50.9 Å². The first-order valence-electron chi connectivity index (χ1n) is 11.3. The van der Waals surface area contributed by atoms with Crippen LogP contribution in [0.3, 0.4) is 0 Å². The minimum Gasteiger partial charge on any atom is -0.480 e. The Bertz CT molecular complexity index is 1360. The van der Waals surface area contributed by atoms with Gasteiger partial charge < -0.3 is 15.7 Å². The monoisotopic (exact) mass is 472 g/mol. The van der Waals surface area contributed by atoms with Crippen LogP contribution in [0.25, 0.3) is 21.5 Å². The molecule has 0 saturated carbocycles. The molecule has 0 saturated heterocycles. The maximum Gasteiger partial charge on any atom is 0.326 e. The first kappa shape index (κ1) is 23.9. The number of amides is 2. The van der Waals surface area contributed by atoms with E-state index in [0.717, 1.165) is 27.1 Å². The van der Waals surface area contributed by atoms with Gasteiger partial charge in [0.15, 0.2) is 0 Å². The molecule has 2 amide bonds. The lowest BCUT2D eigenvalue weighted by atomic mass is 9.92. The van der Waals surface area contributed by atoms with Crippen LogP contribution in [-0.2, 0) is 27.2 Å². The van der Waals surface area contributed by atoms with Gasteiger partial charge in [0.1, 0.15) is 17.9 Å². The minimum atomic E-state index is -1.24. The number of aliphatic carboxylic acids is 1. The molecule has 4 aromatic carbocycles. The van der Waals surface area contributed by atoms with E-state index in [-0.39, 0.29) is 12.8 Å². The largest absolute Gasteiger partial charge is 0.480 e. The van der Waals surface area contributed by atoms with E-state index in [1.807, 2.05) is 54.6 Å². The molecular weight excluding hydrogens is 447 g/mol. The van der Waals surface area contributed by atoms with Gasteiger partial charge in [0.05, 0.1) is 0 Å². The summed E-state index contributed by atoms with van der Waals surface area (Å²) < 4.78 is 13.6. The third-order valence-corrected chi connectivity index (χ3v) is 5.93. The molecule has 4 rings (SSSR count). The van der Waals surface area contributed by atoms with Crippen LogP contribution in [0.5, 0.6) is 0 Å². The Balaban J connectivity index is 1.64. The third-order valence-electron chi connectivity index (χ3n) is 5.93. The van der Waals surface area contributed by atoms with Gasteiger partial charge in [0.2, 0.25) is 11.8 Å². The molecule has 0 aliphatic rings. The van der Waals surface area contributed by atoms with Crippen molar-refractivity contribution in [2.45, 2.75) is 31.8 Å². The molecule has 0 aromatic heterocycles. The molecule has 0 unspecified atom stereocenters. The second-order valence-corrected chi connectivity index (χ2v) is 8.49. The van der Waals surface area contributed by atoms with Crippen molar-refractivity contribution in [3.8, 4) is 0 Å². The van der Waals surface area contributed by atoms with Crippen LogP contribution in [0.1, 0.15) is 18.1 Å². The van der Waals surface area contributed by atoms with E-state index in [9.17, 15) is 23.9 Å². The maximum absolute atomic E-state index is 13.6. The number of rotatable bonds is 8. The van der Waals surface area contributed by atoms with Crippen molar-refractivity contribution in [1.82, 2.24) is 10.6 Å². The van der Waals surface area contributed by atoms with Gasteiger partial charge in [-0.15, -0.1) is 0 Å². The summed E-state index contributed by atoms with van der Waals surface area (Å²) in [5.74, 6) is -2.76. The number of fused-ring (bicyclic) bond motifs is 2. The number of carboxylic acids is 1. The van der Waals surface area contributed by atoms with Gasteiger partial charge in [-0.2, -0.15) is 0 Å². The van der Waals surface area contributed by atoms with E-state index in [2.05, 4.69) is 10.6 Å². The van der Waals surface area contributed by atoms with Crippen molar-refractivity contribution in [2.75, 3.05) is 0 Å². The summed E-state index contributed by atoms with van der Waals surface area (Å²) in [5.41, 5.74) is 1.32. The van der Waals surface area contributed by atoms with Crippen molar-refractivity contribution < 1.29 is 23.9 Å². The molecule has 0 radical (unpaired) electrons. The first-order valence-corrected chi connectivity index (χ1v) is 11.3. The lowest BCUT2D eigenvalue weighted by Crippen LogP contribution is -2.52. The number of carboxylic acid groups (broad SMARTS) is 1. The first-order chi connectivity index (χ1) is 16.8. The Hall–Kier alpha value is -4.26. The van der Waals surface area contributed by atoms with E-state index in [0.29, 0.717) is 5.56 Å². The highest BCUT2D eigenvalue weighted by Gasteiger charge is 2.27. The zero-order valence-corrected chi connectivity index (χ0v) is 19.1. The second-order valence-electron chi connectivity index (χ2n) is 8.49. The van der Waals surface area contributed by atoms with Crippen LogP contribution in [0.4, 0.5) is 4.39 Å². The van der Waals surface area contributed by atoms with Crippen LogP contribution in [0.2, 0.25) is 0 Å². The van der Waals surface area contributed by atoms with Crippen molar-refractivity contribution in [2.24, 2.45) is 0 Å². The number of carbonyl (C=O) groups is 3. The SMILES string of the molecule is CC(=O)N[C@H](Cc1cccc(F)c1)C(=O)N[C@H](Cc1c2ccccc2cc2ccccc12)C(=O)O. The molecular formula is C28H25FN2O4. The highest BCUT2D eigenvalue weighted by Crippen LogP contribution is 2.29. The van der Waals surface area contributed by atoms with E-state index < -0.39 is 35.7 Å². The average Bonchev–Trinajstić information content (AvgIpc) is 2.82. The zero-order valence-electron chi connectivity index (χ0n) is 19.1. The summed E-state index contributed by atoms with van der Waals surface area (Å²) in [6, 6.07) is 20.9. The molecule has 2 atom stereocenters. The Morgan fingerprint density at radius 1 is 0.800 bits per heavy atom. The summed E-state index contributed by atoms with van der Waals surface area (Å²) in [7, 11) is 0. The molecule has 0 aliphatic carbocycles. The number of benzene rings is 4. The molecule has 6 nitrogen and oxygen atoms in total. The Labute approximate surface area is 201 Å². The Kier molecular flexibility index (Phi) is 7.06. The summed E-state index contributed by atoms with van der Waals surface area (Å²) in [4.78, 5) is 37.1. The third kappa shape index (κ3) is 5.63. The van der Waals surface area contributed by atoms with Gasteiger partial charge in [0.25, 0.3) is 0 Å². The summed E-state index contributed by atoms with van der Waals surface area (Å²) >= 11 is 0. The fraction of sp³-hybridized carbons (Fsp3) is 0.179. The summed E-state index contributed by atoms with van der Waals surface area (Å²) in [6.07, 6.45) is 0.0718. The lowest BCUT2D eigenvalue weighted by Gasteiger charge is -2.22. The maximum atomic E-state index is 13.6. The minimum absolute atomic E-state index is 0.0205. The van der Waals surface area contributed by atoms with Crippen molar-refractivity contribution in [1.29, 1.82) is 0 Å². The number of nitrogens with one attached hydrogen (secondary N) is 2. The smallest absolute Gasteiger partial charge is 0.326 e. The fourth-order valence-electron chi connectivity index (χ4n) is 4.36. The average molecular weight is 473 g/mol. The molecule has 0 aliphatic heterocycles. The quantitative estimate of drug-likeness (QED) is 0.338. The molecule has 0 fully saturated rings. The number of carbonyl (C=O) groups excluding carboxylic acids is 2. The van der Waals surface area contributed by atoms with E-state index in [1.54, 1.807) is 6.07 Å². The standard InChI is InChI=1S/C28H25FN2O4/c1-17(32)30-25(14-18-7-6-10-21(29)13-18)27(33)31-26(28(34)35)16-24-22-11-4-2-8-19(22)15-20-9-3-5-12-23(20)24/h2-13,15,25-26H,14,16H2,1H3,(H,30,32)(H,31,33)(H,34,35)/t25-,26-/m1/s1. The molecule has 178 valence electrons. The number of hydrogen-bond acceptors (Lipinski definition) is 3.